The molecule has 1 amide bonds. The summed E-state index contributed by atoms with van der Waals surface area (Å²) < 4.78 is 14.2. The second-order valence-electron chi connectivity index (χ2n) is 5.88. The summed E-state index contributed by atoms with van der Waals surface area (Å²) in [5.41, 5.74) is 1.87. The number of pyridine rings is 1. The van der Waals surface area contributed by atoms with E-state index in [2.05, 4.69) is 9.97 Å². The summed E-state index contributed by atoms with van der Waals surface area (Å²) in [4.78, 5) is 23.8. The van der Waals surface area contributed by atoms with Crippen molar-refractivity contribution in [2.45, 2.75) is 20.3 Å². The summed E-state index contributed by atoms with van der Waals surface area (Å²) in [6.45, 7) is 4.91. The quantitative estimate of drug-likeness (QED) is 0.649. The molecule has 0 aliphatic rings. The normalized spacial score (nSPS) is 10.7. The van der Waals surface area contributed by atoms with Crippen molar-refractivity contribution in [2.75, 3.05) is 13.1 Å². The van der Waals surface area contributed by atoms with Crippen molar-refractivity contribution >= 4 is 17.2 Å². The van der Waals surface area contributed by atoms with Gasteiger partial charge in [0.1, 0.15) is 11.5 Å². The third-order valence-electron chi connectivity index (χ3n) is 4.14. The number of hydrogen-bond acceptors (Lipinski definition) is 4. The van der Waals surface area contributed by atoms with Crippen molar-refractivity contribution < 1.29 is 9.18 Å². The molecular formula is C20H20FN3OS. The van der Waals surface area contributed by atoms with Crippen LogP contribution in [-0.4, -0.2) is 33.9 Å². The first kappa shape index (κ1) is 18.2. The summed E-state index contributed by atoms with van der Waals surface area (Å²) in [6.07, 6.45) is 4.22. The molecule has 4 nitrogen and oxygen atoms in total. The summed E-state index contributed by atoms with van der Waals surface area (Å²) in [5, 5.41) is 0.747. The molecule has 26 heavy (non-hydrogen) atoms. The van der Waals surface area contributed by atoms with Crippen LogP contribution in [0.2, 0.25) is 0 Å². The number of carbonyl (C=O) groups excluding carboxylic acids is 1. The van der Waals surface area contributed by atoms with Crippen LogP contribution in [0.5, 0.6) is 0 Å². The van der Waals surface area contributed by atoms with Crippen LogP contribution in [0.3, 0.4) is 0 Å². The van der Waals surface area contributed by atoms with Gasteiger partial charge in [0.2, 0.25) is 0 Å². The fraction of sp³-hybridized carbons (Fsp3) is 0.250. The predicted octanol–water partition coefficient (Wildman–Crippen LogP) is 4.36. The van der Waals surface area contributed by atoms with E-state index < -0.39 is 0 Å². The number of halogens is 1. The minimum Gasteiger partial charge on any atom is -0.337 e. The van der Waals surface area contributed by atoms with Gasteiger partial charge in [0.05, 0.1) is 9.88 Å². The van der Waals surface area contributed by atoms with Crippen molar-refractivity contribution in [3.8, 4) is 10.4 Å². The molecule has 0 aliphatic carbocycles. The first-order valence-electron chi connectivity index (χ1n) is 8.50. The zero-order valence-corrected chi connectivity index (χ0v) is 15.6. The zero-order valence-electron chi connectivity index (χ0n) is 14.8. The van der Waals surface area contributed by atoms with Crippen LogP contribution in [-0.2, 0) is 6.42 Å². The number of nitrogens with zero attached hydrogens (tertiary/aromatic N) is 3. The SMILES string of the molecule is CCN(CCc1ccncc1)C(=O)c1nc(C)sc1-c1ccccc1F. The maximum Gasteiger partial charge on any atom is 0.273 e. The third-order valence-corrected chi connectivity index (χ3v) is 5.15. The molecule has 0 radical (unpaired) electrons. The number of hydrogen-bond donors (Lipinski definition) is 0. The lowest BCUT2D eigenvalue weighted by atomic mass is 10.1. The fourth-order valence-electron chi connectivity index (χ4n) is 2.77. The van der Waals surface area contributed by atoms with E-state index in [-0.39, 0.29) is 11.7 Å². The molecule has 134 valence electrons. The number of thiazole rings is 1. The molecule has 1 aromatic carbocycles. The van der Waals surface area contributed by atoms with E-state index in [9.17, 15) is 9.18 Å². The topological polar surface area (TPSA) is 46.1 Å². The Bertz CT molecular complexity index is 895. The van der Waals surface area contributed by atoms with Gasteiger partial charge in [-0.05, 0) is 44.0 Å². The second kappa shape index (κ2) is 8.19. The van der Waals surface area contributed by atoms with Gasteiger partial charge in [0.15, 0.2) is 0 Å². The lowest BCUT2D eigenvalue weighted by Gasteiger charge is -2.20. The second-order valence-corrected chi connectivity index (χ2v) is 7.08. The van der Waals surface area contributed by atoms with E-state index in [0.29, 0.717) is 29.2 Å². The minimum absolute atomic E-state index is 0.163. The zero-order chi connectivity index (χ0) is 18.5. The standard InChI is InChI=1S/C20H20FN3OS/c1-3-24(13-10-15-8-11-22-12-9-15)20(25)18-19(26-14(2)23-18)16-6-4-5-7-17(16)21/h4-9,11-12H,3,10,13H2,1-2H3. The highest BCUT2D eigenvalue weighted by Gasteiger charge is 2.24. The highest BCUT2D eigenvalue weighted by atomic mass is 32.1. The van der Waals surface area contributed by atoms with Gasteiger partial charge < -0.3 is 4.90 Å². The Hall–Kier alpha value is -2.60. The van der Waals surface area contributed by atoms with Gasteiger partial charge in [-0.2, -0.15) is 0 Å². The maximum atomic E-state index is 14.2. The van der Waals surface area contributed by atoms with Gasteiger partial charge in [-0.25, -0.2) is 9.37 Å². The van der Waals surface area contributed by atoms with Crippen LogP contribution in [0.15, 0.2) is 48.8 Å². The summed E-state index contributed by atoms with van der Waals surface area (Å²) in [7, 11) is 0. The Morgan fingerprint density at radius 2 is 1.92 bits per heavy atom. The molecule has 0 aliphatic heterocycles. The lowest BCUT2D eigenvalue weighted by Crippen LogP contribution is -2.33. The summed E-state index contributed by atoms with van der Waals surface area (Å²) in [5.74, 6) is -0.505. The maximum absolute atomic E-state index is 14.2. The number of aryl methyl sites for hydroxylation is 1. The molecule has 6 heteroatoms. The van der Waals surface area contributed by atoms with E-state index >= 15 is 0 Å². The fourth-order valence-corrected chi connectivity index (χ4v) is 3.70. The molecule has 0 unspecified atom stereocenters. The Morgan fingerprint density at radius 1 is 1.19 bits per heavy atom. The number of amides is 1. The average molecular weight is 369 g/mol. The molecule has 3 aromatic rings. The van der Waals surface area contributed by atoms with Crippen LogP contribution in [0.25, 0.3) is 10.4 Å². The van der Waals surface area contributed by atoms with Gasteiger partial charge in [-0.15, -0.1) is 11.3 Å². The van der Waals surface area contributed by atoms with E-state index in [0.717, 1.165) is 17.0 Å². The van der Waals surface area contributed by atoms with Crippen molar-refractivity contribution in [2.24, 2.45) is 0 Å². The molecule has 2 aromatic heterocycles. The molecule has 0 spiro atoms. The largest absolute Gasteiger partial charge is 0.337 e. The minimum atomic E-state index is -0.343. The van der Waals surface area contributed by atoms with E-state index in [1.165, 1.54) is 17.4 Å². The summed E-state index contributed by atoms with van der Waals surface area (Å²) >= 11 is 1.35. The Labute approximate surface area is 156 Å². The van der Waals surface area contributed by atoms with Gasteiger partial charge in [0.25, 0.3) is 5.91 Å². The number of benzene rings is 1. The highest BCUT2D eigenvalue weighted by Crippen LogP contribution is 2.32. The molecule has 3 rings (SSSR count). The molecule has 0 saturated carbocycles. The van der Waals surface area contributed by atoms with Gasteiger partial charge in [0, 0.05) is 31.0 Å². The average Bonchev–Trinajstić information content (AvgIpc) is 3.05. The third kappa shape index (κ3) is 3.96. The summed E-state index contributed by atoms with van der Waals surface area (Å²) in [6, 6.07) is 10.4. The first-order chi connectivity index (χ1) is 12.6. The Kier molecular flexibility index (Phi) is 5.73. The van der Waals surface area contributed by atoms with E-state index in [4.69, 9.17) is 0 Å². The first-order valence-corrected chi connectivity index (χ1v) is 9.32. The van der Waals surface area contributed by atoms with E-state index in [1.807, 2.05) is 26.0 Å². The highest BCUT2D eigenvalue weighted by molar-refractivity contribution is 7.15. The molecule has 0 N–H and O–H groups in total. The molecule has 0 saturated heterocycles. The number of rotatable bonds is 6. The van der Waals surface area contributed by atoms with Gasteiger partial charge in [-0.3, -0.25) is 9.78 Å². The van der Waals surface area contributed by atoms with Crippen LogP contribution >= 0.6 is 11.3 Å². The van der Waals surface area contributed by atoms with Crippen LogP contribution in [0.4, 0.5) is 4.39 Å². The Balaban J connectivity index is 1.85. The van der Waals surface area contributed by atoms with Crippen molar-refractivity contribution in [3.63, 3.8) is 0 Å². The van der Waals surface area contributed by atoms with Crippen LogP contribution in [0, 0.1) is 12.7 Å². The molecule has 0 fully saturated rings. The molecule has 0 bridgehead atoms. The van der Waals surface area contributed by atoms with Crippen molar-refractivity contribution in [3.05, 3.63) is 70.9 Å². The number of likely N-dealkylation sites (N-methyl/N-ethyl adjacent to an activating group) is 1. The van der Waals surface area contributed by atoms with Crippen LogP contribution in [0.1, 0.15) is 28.0 Å². The predicted molar refractivity (Wildman–Crippen MR) is 102 cm³/mol. The van der Waals surface area contributed by atoms with Crippen LogP contribution < -0.4 is 0 Å². The number of carbonyl (C=O) groups is 1. The monoisotopic (exact) mass is 369 g/mol. The van der Waals surface area contributed by atoms with E-state index in [1.54, 1.807) is 35.5 Å². The van der Waals surface area contributed by atoms with Crippen molar-refractivity contribution in [1.29, 1.82) is 0 Å². The molecular weight excluding hydrogens is 349 g/mol. The van der Waals surface area contributed by atoms with Crippen molar-refractivity contribution in [1.82, 2.24) is 14.9 Å². The molecule has 0 atom stereocenters. The lowest BCUT2D eigenvalue weighted by molar-refractivity contribution is 0.0761. The Morgan fingerprint density at radius 3 is 2.62 bits per heavy atom. The smallest absolute Gasteiger partial charge is 0.273 e. The molecule has 2 heterocycles. The number of aromatic nitrogens is 2. The van der Waals surface area contributed by atoms with Gasteiger partial charge in [-0.1, -0.05) is 18.2 Å². The van der Waals surface area contributed by atoms with Gasteiger partial charge >= 0.3 is 0 Å².